The SMILES string of the molecule is CSc1nc(O)c2c(n1)C[C@@]1(CCc3ccccc3C1)CC2. The molecule has 1 aromatic carbocycles. The topological polar surface area (TPSA) is 46.0 Å². The molecule has 0 aliphatic heterocycles. The highest BCUT2D eigenvalue weighted by molar-refractivity contribution is 7.98. The average Bonchev–Trinajstić information content (AvgIpc) is 2.54. The minimum atomic E-state index is 0.195. The molecule has 2 aliphatic rings. The Hall–Kier alpha value is -1.55. The molecule has 1 heterocycles. The molecule has 2 aliphatic carbocycles. The molecule has 1 aromatic heterocycles. The van der Waals surface area contributed by atoms with Crippen LogP contribution in [0, 0.1) is 5.41 Å². The molecule has 1 spiro atoms. The molecular formula is C18H20N2OS. The third-order valence-electron chi connectivity index (χ3n) is 5.29. The first-order valence-corrected chi connectivity index (χ1v) is 9.11. The van der Waals surface area contributed by atoms with Crippen LogP contribution in [-0.4, -0.2) is 21.3 Å². The van der Waals surface area contributed by atoms with Crippen LogP contribution in [0.3, 0.4) is 0 Å². The van der Waals surface area contributed by atoms with E-state index in [1.165, 1.54) is 29.3 Å². The predicted octanol–water partition coefficient (Wildman–Crippen LogP) is 3.57. The van der Waals surface area contributed by atoms with Crippen molar-refractivity contribution < 1.29 is 5.11 Å². The maximum Gasteiger partial charge on any atom is 0.218 e. The van der Waals surface area contributed by atoms with Gasteiger partial charge in [0, 0.05) is 5.56 Å². The summed E-state index contributed by atoms with van der Waals surface area (Å²) < 4.78 is 0. The molecule has 0 amide bonds. The second kappa shape index (κ2) is 5.27. The summed E-state index contributed by atoms with van der Waals surface area (Å²) >= 11 is 1.50. The normalized spacial score (nSPS) is 23.1. The lowest BCUT2D eigenvalue weighted by molar-refractivity contribution is 0.204. The number of hydrogen-bond acceptors (Lipinski definition) is 4. The Kier molecular flexibility index (Phi) is 3.37. The summed E-state index contributed by atoms with van der Waals surface area (Å²) in [6.07, 6.45) is 8.49. The van der Waals surface area contributed by atoms with E-state index in [0.717, 1.165) is 43.4 Å². The molecule has 0 radical (unpaired) electrons. The van der Waals surface area contributed by atoms with E-state index in [-0.39, 0.29) is 5.88 Å². The highest BCUT2D eigenvalue weighted by Gasteiger charge is 2.39. The summed E-state index contributed by atoms with van der Waals surface area (Å²) in [4.78, 5) is 8.87. The molecule has 0 fully saturated rings. The van der Waals surface area contributed by atoms with Crippen LogP contribution in [0.15, 0.2) is 29.4 Å². The summed E-state index contributed by atoms with van der Waals surface area (Å²) in [5, 5.41) is 10.8. The quantitative estimate of drug-likeness (QED) is 0.646. The van der Waals surface area contributed by atoms with E-state index in [1.54, 1.807) is 0 Å². The number of aromatic nitrogens is 2. The summed E-state index contributed by atoms with van der Waals surface area (Å²) in [5.74, 6) is 0.195. The van der Waals surface area contributed by atoms with E-state index < -0.39 is 0 Å². The molecule has 1 atom stereocenters. The Morgan fingerprint density at radius 1 is 1.05 bits per heavy atom. The van der Waals surface area contributed by atoms with Crippen LogP contribution in [0.4, 0.5) is 0 Å². The number of benzene rings is 1. The van der Waals surface area contributed by atoms with Crippen LogP contribution >= 0.6 is 11.8 Å². The van der Waals surface area contributed by atoms with Gasteiger partial charge in [0.05, 0.1) is 5.69 Å². The first-order valence-electron chi connectivity index (χ1n) is 7.89. The van der Waals surface area contributed by atoms with E-state index in [4.69, 9.17) is 0 Å². The van der Waals surface area contributed by atoms with Crippen LogP contribution < -0.4 is 0 Å². The first kappa shape index (κ1) is 14.1. The van der Waals surface area contributed by atoms with Crippen LogP contribution in [0.1, 0.15) is 35.2 Å². The van der Waals surface area contributed by atoms with Crippen molar-refractivity contribution in [3.63, 3.8) is 0 Å². The third kappa shape index (κ3) is 2.30. The Bertz CT molecular complexity index is 731. The van der Waals surface area contributed by atoms with Crippen molar-refractivity contribution in [1.29, 1.82) is 0 Å². The average molecular weight is 312 g/mol. The summed E-state index contributed by atoms with van der Waals surface area (Å²) in [7, 11) is 0. The smallest absolute Gasteiger partial charge is 0.218 e. The lowest BCUT2D eigenvalue weighted by Crippen LogP contribution is -2.35. The fourth-order valence-electron chi connectivity index (χ4n) is 4.05. The molecule has 114 valence electrons. The van der Waals surface area contributed by atoms with Gasteiger partial charge < -0.3 is 5.11 Å². The van der Waals surface area contributed by atoms with Gasteiger partial charge in [0.15, 0.2) is 5.16 Å². The highest BCUT2D eigenvalue weighted by Crippen LogP contribution is 2.46. The zero-order chi connectivity index (χ0) is 15.2. The maximum absolute atomic E-state index is 10.1. The number of aromatic hydroxyl groups is 1. The van der Waals surface area contributed by atoms with Crippen LogP contribution in [-0.2, 0) is 25.7 Å². The molecule has 0 saturated carbocycles. The maximum atomic E-state index is 10.1. The summed E-state index contributed by atoms with van der Waals surface area (Å²) in [5.41, 5.74) is 5.37. The molecule has 1 N–H and O–H groups in total. The van der Waals surface area contributed by atoms with Gasteiger partial charge in [-0.15, -0.1) is 0 Å². The number of hydrogen-bond donors (Lipinski definition) is 1. The monoisotopic (exact) mass is 312 g/mol. The molecule has 4 heteroatoms. The standard InChI is InChI=1S/C18H20N2OS/c1-22-17-19-15-11-18(9-7-14(15)16(21)20-17)8-6-12-4-2-3-5-13(12)10-18/h2-5H,6-11H2,1H3,(H,19,20,21)/t18-/m0/s1. The Balaban J connectivity index is 1.69. The summed E-state index contributed by atoms with van der Waals surface area (Å²) in [6.45, 7) is 0. The molecule has 0 bridgehead atoms. The van der Waals surface area contributed by atoms with Crippen molar-refractivity contribution in [2.75, 3.05) is 6.26 Å². The predicted molar refractivity (Wildman–Crippen MR) is 88.4 cm³/mol. The van der Waals surface area contributed by atoms with Crippen molar-refractivity contribution in [2.24, 2.45) is 5.41 Å². The van der Waals surface area contributed by atoms with Gasteiger partial charge in [-0.05, 0) is 61.3 Å². The Morgan fingerprint density at radius 3 is 2.64 bits per heavy atom. The van der Waals surface area contributed by atoms with Gasteiger partial charge in [-0.25, -0.2) is 4.98 Å². The van der Waals surface area contributed by atoms with E-state index in [2.05, 4.69) is 34.2 Å². The largest absolute Gasteiger partial charge is 0.493 e. The van der Waals surface area contributed by atoms with Gasteiger partial charge in [-0.3, -0.25) is 0 Å². The number of fused-ring (bicyclic) bond motifs is 2. The van der Waals surface area contributed by atoms with Gasteiger partial charge >= 0.3 is 0 Å². The first-order chi connectivity index (χ1) is 10.7. The molecule has 0 unspecified atom stereocenters. The zero-order valence-electron chi connectivity index (χ0n) is 12.8. The van der Waals surface area contributed by atoms with Crippen LogP contribution in [0.25, 0.3) is 0 Å². The lowest BCUT2D eigenvalue weighted by Gasteiger charge is -2.41. The minimum Gasteiger partial charge on any atom is -0.493 e. The molecule has 3 nitrogen and oxygen atoms in total. The second-order valence-corrected chi connectivity index (χ2v) is 7.35. The zero-order valence-corrected chi connectivity index (χ0v) is 13.6. The van der Waals surface area contributed by atoms with Crippen molar-refractivity contribution in [1.82, 2.24) is 9.97 Å². The minimum absolute atomic E-state index is 0.195. The molecule has 0 saturated heterocycles. The van der Waals surface area contributed by atoms with Gasteiger partial charge in [-0.1, -0.05) is 36.0 Å². The van der Waals surface area contributed by atoms with Crippen molar-refractivity contribution in [2.45, 2.75) is 43.7 Å². The van der Waals surface area contributed by atoms with E-state index in [1.807, 2.05) is 6.26 Å². The van der Waals surface area contributed by atoms with Crippen molar-refractivity contribution in [3.8, 4) is 5.88 Å². The van der Waals surface area contributed by atoms with E-state index in [0.29, 0.717) is 10.6 Å². The van der Waals surface area contributed by atoms with Gasteiger partial charge in [0.1, 0.15) is 0 Å². The lowest BCUT2D eigenvalue weighted by atomic mass is 9.63. The van der Waals surface area contributed by atoms with E-state index in [9.17, 15) is 5.11 Å². The Labute approximate surface area is 135 Å². The molecule has 22 heavy (non-hydrogen) atoms. The fourth-order valence-corrected chi connectivity index (χ4v) is 4.43. The number of rotatable bonds is 1. The number of nitrogens with zero attached hydrogens (tertiary/aromatic N) is 2. The highest BCUT2D eigenvalue weighted by atomic mass is 32.2. The fraction of sp³-hybridized carbons (Fsp3) is 0.444. The van der Waals surface area contributed by atoms with Gasteiger partial charge in [-0.2, -0.15) is 4.98 Å². The third-order valence-corrected chi connectivity index (χ3v) is 5.84. The van der Waals surface area contributed by atoms with Crippen molar-refractivity contribution in [3.05, 3.63) is 46.6 Å². The molecule has 2 aromatic rings. The second-order valence-electron chi connectivity index (χ2n) is 6.58. The van der Waals surface area contributed by atoms with Gasteiger partial charge in [0.2, 0.25) is 5.88 Å². The van der Waals surface area contributed by atoms with Crippen LogP contribution in [0.2, 0.25) is 0 Å². The van der Waals surface area contributed by atoms with Crippen LogP contribution in [0.5, 0.6) is 5.88 Å². The summed E-state index contributed by atoms with van der Waals surface area (Å²) in [6, 6.07) is 8.83. The van der Waals surface area contributed by atoms with Gasteiger partial charge in [0.25, 0.3) is 0 Å². The number of aryl methyl sites for hydroxylation is 1. The Morgan fingerprint density at radius 2 is 1.82 bits per heavy atom. The van der Waals surface area contributed by atoms with E-state index >= 15 is 0 Å². The number of thioether (sulfide) groups is 1. The van der Waals surface area contributed by atoms with Crippen molar-refractivity contribution >= 4 is 11.8 Å². The molecule has 4 rings (SSSR count). The molecular weight excluding hydrogens is 292 g/mol.